The first-order chi connectivity index (χ1) is 7.04. The molecule has 0 N–H and O–H groups in total. The lowest BCUT2D eigenvalue weighted by Crippen LogP contribution is -2.26. The summed E-state index contributed by atoms with van der Waals surface area (Å²) >= 11 is 2.09. The molecule has 0 fully saturated rings. The Morgan fingerprint density at radius 2 is 2.20 bits per heavy atom. The number of benzene rings is 1. The molecule has 2 rings (SSSR count). The summed E-state index contributed by atoms with van der Waals surface area (Å²) in [6.07, 6.45) is 1.37. The third-order valence-corrected chi connectivity index (χ3v) is 4.10. The molecule has 0 unspecified atom stereocenters. The first-order valence-corrected chi connectivity index (χ1v) is 6.93. The van der Waals surface area contributed by atoms with Crippen LogP contribution in [0, 0.1) is 3.57 Å². The van der Waals surface area contributed by atoms with Crippen LogP contribution in [0.4, 0.5) is 5.69 Å². The van der Waals surface area contributed by atoms with E-state index >= 15 is 0 Å². The normalized spacial score (nSPS) is 17.6. The number of rotatable bonds is 1. The van der Waals surface area contributed by atoms with Gasteiger partial charge >= 0.3 is 0 Å². The van der Waals surface area contributed by atoms with E-state index in [4.69, 9.17) is 0 Å². The second-order valence-corrected chi connectivity index (χ2v) is 5.94. The first kappa shape index (κ1) is 10.9. The van der Waals surface area contributed by atoms with Crippen LogP contribution in [0.5, 0.6) is 0 Å². The smallest absolute Gasteiger partial charge is 0.285 e. The molecule has 0 bridgehead atoms. The van der Waals surface area contributed by atoms with Crippen LogP contribution >= 0.6 is 22.6 Å². The van der Waals surface area contributed by atoms with E-state index in [-0.39, 0.29) is 0 Å². The molecule has 15 heavy (non-hydrogen) atoms. The highest BCUT2D eigenvalue weighted by Gasteiger charge is 2.24. The molecular formula is C9H9IN2O2S. The van der Waals surface area contributed by atoms with E-state index in [1.165, 1.54) is 6.34 Å². The lowest BCUT2D eigenvalue weighted by Gasteiger charge is -2.23. The summed E-state index contributed by atoms with van der Waals surface area (Å²) in [5.41, 5.74) is 0.702. The van der Waals surface area contributed by atoms with Gasteiger partial charge in [-0.25, -0.2) is 0 Å². The molecule has 0 saturated heterocycles. The fraction of sp³-hybridized carbons (Fsp3) is 0.222. The van der Waals surface area contributed by atoms with Crippen LogP contribution in [0.25, 0.3) is 0 Å². The fourth-order valence-corrected chi connectivity index (χ4v) is 3.20. The van der Waals surface area contributed by atoms with Gasteiger partial charge in [-0.2, -0.15) is 8.42 Å². The molecule has 0 amide bonds. The lowest BCUT2D eigenvalue weighted by atomic mass is 10.3. The molecule has 0 aliphatic carbocycles. The Morgan fingerprint density at radius 3 is 2.87 bits per heavy atom. The Balaban J connectivity index is 2.70. The SMILES string of the molecule is CCN1C=NS(=O)(=O)c2cc(I)ccc21. The number of sulfonamides is 1. The minimum absolute atomic E-state index is 0.291. The maximum Gasteiger partial charge on any atom is 0.285 e. The third-order valence-electron chi connectivity index (χ3n) is 2.18. The summed E-state index contributed by atoms with van der Waals surface area (Å²) in [4.78, 5) is 2.10. The van der Waals surface area contributed by atoms with Crippen LogP contribution in [0.2, 0.25) is 0 Å². The first-order valence-electron chi connectivity index (χ1n) is 4.41. The highest BCUT2D eigenvalue weighted by molar-refractivity contribution is 14.1. The average Bonchev–Trinajstić information content (AvgIpc) is 2.19. The molecule has 1 heterocycles. The van der Waals surface area contributed by atoms with Gasteiger partial charge in [0, 0.05) is 10.1 Å². The second-order valence-electron chi connectivity index (χ2n) is 3.09. The Bertz CT molecular complexity index is 525. The summed E-state index contributed by atoms with van der Waals surface area (Å²) < 4.78 is 27.8. The van der Waals surface area contributed by atoms with Crippen molar-refractivity contribution in [2.45, 2.75) is 11.8 Å². The topological polar surface area (TPSA) is 49.7 Å². The molecular weight excluding hydrogens is 327 g/mol. The molecule has 0 atom stereocenters. The lowest BCUT2D eigenvalue weighted by molar-refractivity contribution is 0.597. The van der Waals surface area contributed by atoms with Crippen molar-refractivity contribution in [2.24, 2.45) is 4.40 Å². The van der Waals surface area contributed by atoms with Crippen LogP contribution in [0.3, 0.4) is 0 Å². The molecule has 1 aliphatic heterocycles. The summed E-state index contributed by atoms with van der Waals surface area (Å²) in [6, 6.07) is 5.34. The fourth-order valence-electron chi connectivity index (χ4n) is 1.42. The zero-order valence-corrected chi connectivity index (χ0v) is 11.0. The van der Waals surface area contributed by atoms with Crippen molar-refractivity contribution in [2.75, 3.05) is 11.4 Å². The summed E-state index contributed by atoms with van der Waals surface area (Å²) in [7, 11) is -3.48. The molecule has 0 radical (unpaired) electrons. The summed E-state index contributed by atoms with van der Waals surface area (Å²) in [5.74, 6) is 0. The van der Waals surface area contributed by atoms with E-state index in [9.17, 15) is 8.42 Å². The number of halogens is 1. The van der Waals surface area contributed by atoms with Gasteiger partial charge in [0.2, 0.25) is 0 Å². The second kappa shape index (κ2) is 3.75. The molecule has 0 aromatic heterocycles. The Morgan fingerprint density at radius 1 is 1.47 bits per heavy atom. The minimum atomic E-state index is -3.48. The summed E-state index contributed by atoms with van der Waals surface area (Å²) in [6.45, 7) is 2.65. The molecule has 1 aromatic carbocycles. The zero-order chi connectivity index (χ0) is 11.1. The van der Waals surface area contributed by atoms with Gasteiger partial charge in [0.25, 0.3) is 10.0 Å². The van der Waals surface area contributed by atoms with Crippen molar-refractivity contribution in [3.8, 4) is 0 Å². The monoisotopic (exact) mass is 336 g/mol. The standard InChI is InChI=1S/C9H9IN2O2S/c1-2-12-6-11-15(13,14)9-5-7(10)3-4-8(9)12/h3-6H,2H2,1H3. The number of fused-ring (bicyclic) bond motifs is 1. The number of nitrogens with zero attached hydrogens (tertiary/aromatic N) is 2. The van der Waals surface area contributed by atoms with Crippen LogP contribution < -0.4 is 4.90 Å². The molecule has 0 saturated carbocycles. The molecule has 0 spiro atoms. The average molecular weight is 336 g/mol. The predicted molar refractivity (Wildman–Crippen MR) is 67.9 cm³/mol. The van der Waals surface area contributed by atoms with Crippen molar-refractivity contribution in [1.29, 1.82) is 0 Å². The summed E-state index contributed by atoms with van der Waals surface area (Å²) in [5, 5.41) is 0. The van der Waals surface area contributed by atoms with E-state index in [1.807, 2.05) is 24.0 Å². The van der Waals surface area contributed by atoms with E-state index in [1.54, 1.807) is 6.07 Å². The van der Waals surface area contributed by atoms with Crippen LogP contribution in [-0.2, 0) is 10.0 Å². The Labute approximate surface area is 102 Å². The molecule has 1 aliphatic rings. The quantitative estimate of drug-likeness (QED) is 0.736. The van der Waals surface area contributed by atoms with Gasteiger partial charge in [0.1, 0.15) is 11.2 Å². The van der Waals surface area contributed by atoms with Gasteiger partial charge in [-0.15, -0.1) is 4.40 Å². The van der Waals surface area contributed by atoms with E-state index in [2.05, 4.69) is 27.0 Å². The Hall–Kier alpha value is -0.630. The highest BCUT2D eigenvalue weighted by Crippen LogP contribution is 2.30. The largest absolute Gasteiger partial charge is 0.331 e. The highest BCUT2D eigenvalue weighted by atomic mass is 127. The molecule has 1 aromatic rings. The van der Waals surface area contributed by atoms with Crippen molar-refractivity contribution in [1.82, 2.24) is 0 Å². The number of anilines is 1. The molecule has 6 heteroatoms. The maximum absolute atomic E-state index is 11.7. The van der Waals surface area contributed by atoms with Gasteiger partial charge in [0.15, 0.2) is 0 Å². The van der Waals surface area contributed by atoms with Crippen molar-refractivity contribution < 1.29 is 8.42 Å². The zero-order valence-electron chi connectivity index (χ0n) is 8.01. The third kappa shape index (κ3) is 1.87. The maximum atomic E-state index is 11.7. The molecule has 80 valence electrons. The van der Waals surface area contributed by atoms with Gasteiger partial charge in [-0.3, -0.25) is 0 Å². The Kier molecular flexibility index (Phi) is 2.72. The van der Waals surface area contributed by atoms with Gasteiger partial charge in [-0.1, -0.05) is 0 Å². The van der Waals surface area contributed by atoms with E-state index < -0.39 is 10.0 Å². The minimum Gasteiger partial charge on any atom is -0.331 e. The number of hydrogen-bond acceptors (Lipinski definition) is 3. The van der Waals surface area contributed by atoms with Gasteiger partial charge in [-0.05, 0) is 47.7 Å². The van der Waals surface area contributed by atoms with Crippen LogP contribution in [0.1, 0.15) is 6.92 Å². The number of hydrogen-bond donors (Lipinski definition) is 0. The van der Waals surface area contributed by atoms with E-state index in [0.29, 0.717) is 17.1 Å². The van der Waals surface area contributed by atoms with Gasteiger partial charge in [0.05, 0.1) is 5.69 Å². The predicted octanol–water partition coefficient (Wildman–Crippen LogP) is 1.85. The van der Waals surface area contributed by atoms with Gasteiger partial charge < -0.3 is 4.90 Å². The molecule has 4 nitrogen and oxygen atoms in total. The van der Waals surface area contributed by atoms with Crippen LogP contribution in [-0.4, -0.2) is 21.3 Å². The van der Waals surface area contributed by atoms with Crippen molar-refractivity contribution in [3.05, 3.63) is 21.8 Å². The van der Waals surface area contributed by atoms with Crippen molar-refractivity contribution >= 4 is 44.6 Å². The van der Waals surface area contributed by atoms with Crippen molar-refractivity contribution in [3.63, 3.8) is 0 Å². The van der Waals surface area contributed by atoms with Crippen LogP contribution in [0.15, 0.2) is 27.5 Å². The van der Waals surface area contributed by atoms with E-state index in [0.717, 1.165) is 3.57 Å².